The van der Waals surface area contributed by atoms with Crippen molar-refractivity contribution in [1.82, 2.24) is 0 Å². The minimum atomic E-state index is -0.315. The summed E-state index contributed by atoms with van der Waals surface area (Å²) in [4.78, 5) is 16.8. The van der Waals surface area contributed by atoms with Gasteiger partial charge in [-0.3, -0.25) is 0 Å². The van der Waals surface area contributed by atoms with Gasteiger partial charge in [-0.1, -0.05) is 63.6 Å². The third-order valence-corrected chi connectivity index (χ3v) is 4.13. The fourth-order valence-electron chi connectivity index (χ4n) is 2.14. The maximum Gasteiger partial charge on any atom is 0.338 e. The maximum absolute atomic E-state index is 12.1. The first-order chi connectivity index (χ1) is 11.7. The van der Waals surface area contributed by atoms with Gasteiger partial charge in [0, 0.05) is 11.0 Å². The monoisotopic (exact) mass is 389 g/mol. The molecule has 126 valence electrons. The maximum atomic E-state index is 12.1. The van der Waals surface area contributed by atoms with Crippen molar-refractivity contribution in [2.75, 3.05) is 13.7 Å². The van der Waals surface area contributed by atoms with Gasteiger partial charge in [-0.15, -0.1) is 0 Å². The van der Waals surface area contributed by atoms with E-state index in [1.54, 1.807) is 18.3 Å². The average Bonchev–Trinajstić information content (AvgIpc) is 2.64. The third kappa shape index (κ3) is 5.81. The molecule has 0 fully saturated rings. The summed E-state index contributed by atoms with van der Waals surface area (Å²) in [7, 11) is 1.51. The van der Waals surface area contributed by atoms with Crippen molar-refractivity contribution < 1.29 is 14.4 Å². The van der Waals surface area contributed by atoms with Crippen molar-refractivity contribution >= 4 is 28.1 Å². The van der Waals surface area contributed by atoms with Crippen LogP contribution in [0.4, 0.5) is 0 Å². The van der Waals surface area contributed by atoms with Gasteiger partial charge in [0.2, 0.25) is 0 Å². The first-order valence-corrected chi connectivity index (χ1v) is 8.64. The van der Waals surface area contributed by atoms with E-state index in [4.69, 9.17) is 4.74 Å². The SMILES string of the molecule is CO/N=C\CC[C@@H](Br)COC(=O)c1ccc(-c2ccccc2)cc1. The van der Waals surface area contributed by atoms with Crippen LogP contribution >= 0.6 is 15.9 Å². The van der Waals surface area contributed by atoms with Gasteiger partial charge in [-0.05, 0) is 36.1 Å². The molecule has 0 aliphatic rings. The number of esters is 1. The van der Waals surface area contributed by atoms with Gasteiger partial charge < -0.3 is 9.57 Å². The number of benzene rings is 2. The van der Waals surface area contributed by atoms with E-state index in [0.717, 1.165) is 24.0 Å². The van der Waals surface area contributed by atoms with Crippen molar-refractivity contribution in [1.29, 1.82) is 0 Å². The number of rotatable bonds is 8. The largest absolute Gasteiger partial charge is 0.461 e. The highest BCUT2D eigenvalue weighted by atomic mass is 79.9. The molecule has 0 aliphatic carbocycles. The first-order valence-electron chi connectivity index (χ1n) is 7.72. The Morgan fingerprint density at radius 2 is 1.79 bits per heavy atom. The number of alkyl halides is 1. The molecule has 0 radical (unpaired) electrons. The Bertz CT molecular complexity index is 656. The smallest absolute Gasteiger partial charge is 0.338 e. The number of carbonyl (C=O) groups is 1. The van der Waals surface area contributed by atoms with Crippen LogP contribution in [0.2, 0.25) is 0 Å². The molecule has 0 N–H and O–H groups in total. The van der Waals surface area contributed by atoms with E-state index in [1.165, 1.54) is 7.11 Å². The van der Waals surface area contributed by atoms with E-state index in [2.05, 4.69) is 25.9 Å². The van der Waals surface area contributed by atoms with Crippen molar-refractivity contribution in [3.63, 3.8) is 0 Å². The van der Waals surface area contributed by atoms with Crippen LogP contribution in [-0.2, 0) is 9.57 Å². The summed E-state index contributed by atoms with van der Waals surface area (Å²) in [6.07, 6.45) is 3.26. The van der Waals surface area contributed by atoms with Gasteiger partial charge in [0.25, 0.3) is 0 Å². The Balaban J connectivity index is 1.83. The Hall–Kier alpha value is -2.14. The summed E-state index contributed by atoms with van der Waals surface area (Å²) in [5, 5.41) is 3.67. The molecule has 0 saturated carbocycles. The average molecular weight is 390 g/mol. The molecule has 2 rings (SSSR count). The predicted molar refractivity (Wildman–Crippen MR) is 99.6 cm³/mol. The molecule has 0 bridgehead atoms. The van der Waals surface area contributed by atoms with E-state index in [0.29, 0.717) is 12.2 Å². The molecule has 0 aromatic heterocycles. The highest BCUT2D eigenvalue weighted by molar-refractivity contribution is 9.09. The second kappa shape index (κ2) is 9.88. The molecule has 5 heteroatoms. The van der Waals surface area contributed by atoms with E-state index >= 15 is 0 Å². The Morgan fingerprint density at radius 1 is 1.12 bits per heavy atom. The molecule has 1 atom stereocenters. The van der Waals surface area contributed by atoms with Crippen LogP contribution in [0, 0.1) is 0 Å². The standard InChI is InChI=1S/C19H20BrNO3/c1-23-21-13-5-8-18(20)14-24-19(22)17-11-9-16(10-12-17)15-6-3-2-4-7-15/h2-4,6-7,9-13,18H,5,8,14H2,1H3/b21-13-/t18-/m1/s1. The number of oxime groups is 1. The van der Waals surface area contributed by atoms with Gasteiger partial charge in [0.15, 0.2) is 0 Å². The van der Waals surface area contributed by atoms with Crippen LogP contribution < -0.4 is 0 Å². The number of carbonyl (C=O) groups excluding carboxylic acids is 1. The van der Waals surface area contributed by atoms with E-state index in [9.17, 15) is 4.79 Å². The second-order valence-corrected chi connectivity index (χ2v) is 6.48. The number of hydrogen-bond acceptors (Lipinski definition) is 4. The summed E-state index contributed by atoms with van der Waals surface area (Å²) < 4.78 is 5.33. The van der Waals surface area contributed by atoms with Crippen LogP contribution in [0.1, 0.15) is 23.2 Å². The van der Waals surface area contributed by atoms with Crippen LogP contribution in [0.25, 0.3) is 11.1 Å². The molecule has 0 unspecified atom stereocenters. The molecule has 2 aromatic rings. The Kier molecular flexibility index (Phi) is 7.49. The lowest BCUT2D eigenvalue weighted by Gasteiger charge is -2.10. The first kappa shape index (κ1) is 18.2. The van der Waals surface area contributed by atoms with E-state index in [-0.39, 0.29) is 10.8 Å². The number of hydrogen-bond donors (Lipinski definition) is 0. The van der Waals surface area contributed by atoms with Crippen LogP contribution in [0.5, 0.6) is 0 Å². The quantitative estimate of drug-likeness (QED) is 0.285. The molecule has 2 aromatic carbocycles. The molecule has 0 spiro atoms. The minimum Gasteiger partial charge on any atom is -0.461 e. The zero-order chi connectivity index (χ0) is 17.2. The van der Waals surface area contributed by atoms with Gasteiger partial charge in [0.05, 0.1) is 5.56 Å². The van der Waals surface area contributed by atoms with Crippen molar-refractivity contribution in [3.8, 4) is 11.1 Å². The predicted octanol–water partition coefficient (Wildman–Crippen LogP) is 4.69. The number of halogens is 1. The minimum absolute atomic E-state index is 0.0911. The second-order valence-electron chi connectivity index (χ2n) is 5.19. The Morgan fingerprint density at radius 3 is 2.46 bits per heavy atom. The molecule has 4 nitrogen and oxygen atoms in total. The lowest BCUT2D eigenvalue weighted by molar-refractivity contribution is 0.0506. The molecular formula is C19H20BrNO3. The van der Waals surface area contributed by atoms with Gasteiger partial charge in [-0.25, -0.2) is 4.79 Å². The highest BCUT2D eigenvalue weighted by Crippen LogP contribution is 2.19. The highest BCUT2D eigenvalue weighted by Gasteiger charge is 2.11. The summed E-state index contributed by atoms with van der Waals surface area (Å²) in [6, 6.07) is 17.5. The van der Waals surface area contributed by atoms with E-state index in [1.807, 2.05) is 42.5 Å². The van der Waals surface area contributed by atoms with Crippen LogP contribution in [0.15, 0.2) is 59.8 Å². The zero-order valence-electron chi connectivity index (χ0n) is 13.5. The van der Waals surface area contributed by atoms with Crippen molar-refractivity contribution in [2.24, 2.45) is 5.16 Å². The summed E-state index contributed by atoms with van der Waals surface area (Å²) in [6.45, 7) is 0.320. The number of ether oxygens (including phenoxy) is 1. The molecule has 24 heavy (non-hydrogen) atoms. The van der Waals surface area contributed by atoms with Crippen LogP contribution in [0.3, 0.4) is 0 Å². The molecule has 0 amide bonds. The normalized spacial score (nSPS) is 12.1. The summed E-state index contributed by atoms with van der Waals surface area (Å²) in [5.74, 6) is -0.315. The van der Waals surface area contributed by atoms with Crippen molar-refractivity contribution in [3.05, 3.63) is 60.2 Å². The van der Waals surface area contributed by atoms with Crippen LogP contribution in [-0.4, -0.2) is 30.7 Å². The van der Waals surface area contributed by atoms with E-state index < -0.39 is 0 Å². The van der Waals surface area contributed by atoms with Gasteiger partial charge in [-0.2, -0.15) is 0 Å². The molecule has 0 heterocycles. The molecule has 0 saturated heterocycles. The third-order valence-electron chi connectivity index (χ3n) is 3.41. The lowest BCUT2D eigenvalue weighted by Crippen LogP contribution is -2.14. The Labute approximate surface area is 150 Å². The summed E-state index contributed by atoms with van der Waals surface area (Å²) in [5.41, 5.74) is 2.74. The summed E-state index contributed by atoms with van der Waals surface area (Å²) >= 11 is 3.49. The fourth-order valence-corrected chi connectivity index (χ4v) is 2.54. The van der Waals surface area contributed by atoms with Gasteiger partial charge in [0.1, 0.15) is 13.7 Å². The van der Waals surface area contributed by atoms with Crippen molar-refractivity contribution in [2.45, 2.75) is 17.7 Å². The topological polar surface area (TPSA) is 47.9 Å². The number of nitrogens with zero attached hydrogens (tertiary/aromatic N) is 1. The molecular weight excluding hydrogens is 370 g/mol. The zero-order valence-corrected chi connectivity index (χ0v) is 15.1. The van der Waals surface area contributed by atoms with Gasteiger partial charge >= 0.3 is 5.97 Å². The lowest BCUT2D eigenvalue weighted by atomic mass is 10.0. The fraction of sp³-hybridized carbons (Fsp3) is 0.263. The molecule has 0 aliphatic heterocycles.